The molecule has 100 valence electrons. The van der Waals surface area contributed by atoms with Crippen LogP contribution in [0.15, 0.2) is 12.1 Å². The van der Waals surface area contributed by atoms with Crippen molar-refractivity contribution in [2.75, 3.05) is 13.9 Å². The molecule has 2 rings (SSSR count). The van der Waals surface area contributed by atoms with Gasteiger partial charge >= 0.3 is 0 Å². The second kappa shape index (κ2) is 5.96. The number of ether oxygens (including phenoxy) is 3. The van der Waals surface area contributed by atoms with Gasteiger partial charge in [0.05, 0.1) is 13.2 Å². The molecule has 0 spiro atoms. The second-order valence-corrected chi connectivity index (χ2v) is 4.47. The minimum atomic E-state index is -0.472. The molecule has 18 heavy (non-hydrogen) atoms. The Kier molecular flexibility index (Phi) is 4.31. The number of aliphatic hydroxyl groups is 1. The first-order valence-corrected chi connectivity index (χ1v) is 6.41. The van der Waals surface area contributed by atoms with Crippen LogP contribution in [-0.4, -0.2) is 19.0 Å². The van der Waals surface area contributed by atoms with Crippen molar-refractivity contribution >= 4 is 0 Å². The molecule has 0 saturated carbocycles. The summed E-state index contributed by atoms with van der Waals surface area (Å²) in [6.07, 6.45) is 3.60. The molecule has 4 nitrogen and oxygen atoms in total. The van der Waals surface area contributed by atoms with E-state index in [9.17, 15) is 5.11 Å². The number of fused-ring (bicyclic) bond motifs is 1. The van der Waals surface area contributed by atoms with Gasteiger partial charge in [-0.05, 0) is 24.1 Å². The second-order valence-electron chi connectivity index (χ2n) is 4.47. The largest absolute Gasteiger partial charge is 0.493 e. The zero-order valence-corrected chi connectivity index (χ0v) is 10.9. The summed E-state index contributed by atoms with van der Waals surface area (Å²) in [5.41, 5.74) is 0.826. The molecule has 0 fully saturated rings. The van der Waals surface area contributed by atoms with Crippen molar-refractivity contribution in [1.29, 1.82) is 0 Å². The SMILES string of the molecule is CCCCCC(O)c1cc(OC)c2c(c1)OCO2. The number of hydrogen-bond donors (Lipinski definition) is 1. The van der Waals surface area contributed by atoms with Crippen LogP contribution >= 0.6 is 0 Å². The molecule has 1 heterocycles. The Morgan fingerprint density at radius 1 is 1.33 bits per heavy atom. The molecule has 0 bridgehead atoms. The van der Waals surface area contributed by atoms with Crippen molar-refractivity contribution in [3.8, 4) is 17.2 Å². The molecule has 0 aromatic heterocycles. The van der Waals surface area contributed by atoms with Crippen LogP contribution in [0.2, 0.25) is 0 Å². The fraction of sp³-hybridized carbons (Fsp3) is 0.571. The van der Waals surface area contributed by atoms with Gasteiger partial charge in [0.25, 0.3) is 0 Å². The molecule has 0 radical (unpaired) electrons. The van der Waals surface area contributed by atoms with E-state index >= 15 is 0 Å². The van der Waals surface area contributed by atoms with Crippen molar-refractivity contribution in [1.82, 2.24) is 0 Å². The first-order chi connectivity index (χ1) is 8.76. The van der Waals surface area contributed by atoms with Gasteiger partial charge in [-0.25, -0.2) is 0 Å². The molecular weight excluding hydrogens is 232 g/mol. The molecule has 1 atom stereocenters. The highest BCUT2D eigenvalue weighted by molar-refractivity contribution is 5.55. The first kappa shape index (κ1) is 13.0. The maximum absolute atomic E-state index is 10.1. The van der Waals surface area contributed by atoms with E-state index in [2.05, 4.69) is 6.92 Å². The highest BCUT2D eigenvalue weighted by Crippen LogP contribution is 2.43. The summed E-state index contributed by atoms with van der Waals surface area (Å²) in [7, 11) is 1.59. The number of rotatable bonds is 6. The molecule has 0 aliphatic carbocycles. The summed E-state index contributed by atoms with van der Waals surface area (Å²) in [5, 5.41) is 10.1. The lowest BCUT2D eigenvalue weighted by molar-refractivity contribution is 0.162. The topological polar surface area (TPSA) is 47.9 Å². The van der Waals surface area contributed by atoms with Crippen molar-refractivity contribution in [2.24, 2.45) is 0 Å². The van der Waals surface area contributed by atoms with Crippen LogP contribution in [0.4, 0.5) is 0 Å². The predicted octanol–water partition coefficient (Wildman–Crippen LogP) is 3.04. The number of hydrogen-bond acceptors (Lipinski definition) is 4. The van der Waals surface area contributed by atoms with E-state index in [4.69, 9.17) is 14.2 Å². The van der Waals surface area contributed by atoms with Crippen LogP contribution in [0, 0.1) is 0 Å². The number of aliphatic hydroxyl groups excluding tert-OH is 1. The average molecular weight is 252 g/mol. The number of benzene rings is 1. The molecule has 1 unspecified atom stereocenters. The van der Waals surface area contributed by atoms with E-state index in [1.165, 1.54) is 0 Å². The summed E-state index contributed by atoms with van der Waals surface area (Å²) in [4.78, 5) is 0. The fourth-order valence-electron chi connectivity index (χ4n) is 2.10. The maximum atomic E-state index is 10.1. The summed E-state index contributed by atoms with van der Waals surface area (Å²) in [5.74, 6) is 1.90. The average Bonchev–Trinajstić information content (AvgIpc) is 2.85. The van der Waals surface area contributed by atoms with E-state index in [0.29, 0.717) is 17.2 Å². The molecular formula is C14H20O4. The van der Waals surface area contributed by atoms with Gasteiger partial charge in [0.1, 0.15) is 0 Å². The van der Waals surface area contributed by atoms with Gasteiger partial charge in [-0.3, -0.25) is 0 Å². The Balaban J connectivity index is 2.13. The molecule has 1 aromatic carbocycles. The van der Waals surface area contributed by atoms with Gasteiger partial charge < -0.3 is 19.3 Å². The lowest BCUT2D eigenvalue weighted by atomic mass is 10.0. The molecule has 0 amide bonds. The van der Waals surface area contributed by atoms with E-state index in [1.807, 2.05) is 12.1 Å². The highest BCUT2D eigenvalue weighted by Gasteiger charge is 2.22. The Bertz CT molecular complexity index is 403. The smallest absolute Gasteiger partial charge is 0.231 e. The summed E-state index contributed by atoms with van der Waals surface area (Å²) < 4.78 is 15.9. The van der Waals surface area contributed by atoms with Crippen LogP contribution < -0.4 is 14.2 Å². The molecule has 4 heteroatoms. The van der Waals surface area contributed by atoms with E-state index in [-0.39, 0.29) is 6.79 Å². The van der Waals surface area contributed by atoms with Gasteiger partial charge in [-0.15, -0.1) is 0 Å². The molecule has 1 aromatic rings. The monoisotopic (exact) mass is 252 g/mol. The van der Waals surface area contributed by atoms with Crippen molar-refractivity contribution in [3.05, 3.63) is 17.7 Å². The lowest BCUT2D eigenvalue weighted by Crippen LogP contribution is -1.98. The van der Waals surface area contributed by atoms with Crippen molar-refractivity contribution in [3.63, 3.8) is 0 Å². The Labute approximate surface area is 107 Å². The van der Waals surface area contributed by atoms with Crippen molar-refractivity contribution < 1.29 is 19.3 Å². The minimum absolute atomic E-state index is 0.209. The summed E-state index contributed by atoms with van der Waals surface area (Å²) in [6.45, 7) is 2.36. The van der Waals surface area contributed by atoms with E-state index in [0.717, 1.165) is 31.2 Å². The van der Waals surface area contributed by atoms with Crippen LogP contribution in [0.5, 0.6) is 17.2 Å². The van der Waals surface area contributed by atoms with Crippen LogP contribution in [0.3, 0.4) is 0 Å². The third kappa shape index (κ3) is 2.70. The Morgan fingerprint density at radius 3 is 2.89 bits per heavy atom. The van der Waals surface area contributed by atoms with Gasteiger partial charge in [0.15, 0.2) is 11.5 Å². The number of unbranched alkanes of at least 4 members (excludes halogenated alkanes) is 2. The van der Waals surface area contributed by atoms with Crippen molar-refractivity contribution in [2.45, 2.75) is 38.7 Å². The zero-order chi connectivity index (χ0) is 13.0. The normalized spacial score (nSPS) is 14.6. The zero-order valence-electron chi connectivity index (χ0n) is 10.9. The maximum Gasteiger partial charge on any atom is 0.231 e. The Morgan fingerprint density at radius 2 is 2.17 bits per heavy atom. The minimum Gasteiger partial charge on any atom is -0.493 e. The van der Waals surface area contributed by atoms with E-state index in [1.54, 1.807) is 7.11 Å². The van der Waals surface area contributed by atoms with Crippen LogP contribution in [0.25, 0.3) is 0 Å². The quantitative estimate of drug-likeness (QED) is 0.790. The van der Waals surface area contributed by atoms with Gasteiger partial charge in [-0.2, -0.15) is 0 Å². The van der Waals surface area contributed by atoms with Crippen LogP contribution in [0.1, 0.15) is 44.3 Å². The van der Waals surface area contributed by atoms with Gasteiger partial charge in [0, 0.05) is 0 Å². The third-order valence-electron chi connectivity index (χ3n) is 3.15. The summed E-state index contributed by atoms with van der Waals surface area (Å²) in [6, 6.07) is 3.66. The Hall–Kier alpha value is -1.42. The number of methoxy groups -OCH3 is 1. The summed E-state index contributed by atoms with van der Waals surface area (Å²) >= 11 is 0. The molecule has 1 aliphatic heterocycles. The van der Waals surface area contributed by atoms with E-state index < -0.39 is 6.10 Å². The lowest BCUT2D eigenvalue weighted by Gasteiger charge is -2.13. The predicted molar refractivity (Wildman–Crippen MR) is 68.2 cm³/mol. The fourth-order valence-corrected chi connectivity index (χ4v) is 2.10. The standard InChI is InChI=1S/C14H20O4/c1-3-4-5-6-11(15)10-7-12(16-2)14-13(8-10)17-9-18-14/h7-8,11,15H,3-6,9H2,1-2H3. The highest BCUT2D eigenvalue weighted by atomic mass is 16.7. The third-order valence-corrected chi connectivity index (χ3v) is 3.15. The van der Waals surface area contributed by atoms with Gasteiger partial charge in [-0.1, -0.05) is 26.2 Å². The first-order valence-electron chi connectivity index (χ1n) is 6.41. The molecule has 1 N–H and O–H groups in total. The molecule has 0 saturated heterocycles. The van der Waals surface area contributed by atoms with Gasteiger partial charge in [0.2, 0.25) is 12.5 Å². The molecule has 1 aliphatic rings. The van der Waals surface area contributed by atoms with Crippen LogP contribution in [-0.2, 0) is 0 Å².